The van der Waals surface area contributed by atoms with Gasteiger partial charge < -0.3 is 14.6 Å². The van der Waals surface area contributed by atoms with Crippen molar-refractivity contribution in [2.75, 3.05) is 20.7 Å². The number of rotatable bonds is 5. The van der Waals surface area contributed by atoms with Gasteiger partial charge in [0, 0.05) is 20.1 Å². The fourth-order valence-corrected chi connectivity index (χ4v) is 2.76. The van der Waals surface area contributed by atoms with Gasteiger partial charge in [0.2, 0.25) is 11.7 Å². The third kappa shape index (κ3) is 2.72. The van der Waals surface area contributed by atoms with Gasteiger partial charge in [0.25, 0.3) is 0 Å². The zero-order valence-corrected chi connectivity index (χ0v) is 11.5. The Morgan fingerprint density at radius 2 is 2.39 bits per heavy atom. The second-order valence-electron chi connectivity index (χ2n) is 5.27. The molecule has 2 rings (SSSR count). The summed E-state index contributed by atoms with van der Waals surface area (Å²) in [4.78, 5) is 4.51. The van der Waals surface area contributed by atoms with E-state index in [4.69, 9.17) is 9.26 Å². The van der Waals surface area contributed by atoms with Crippen LogP contribution in [0.15, 0.2) is 4.52 Å². The fourth-order valence-electron chi connectivity index (χ4n) is 2.76. The van der Waals surface area contributed by atoms with Crippen LogP contribution < -0.4 is 5.32 Å². The van der Waals surface area contributed by atoms with Gasteiger partial charge in [-0.25, -0.2) is 0 Å². The van der Waals surface area contributed by atoms with Gasteiger partial charge in [-0.05, 0) is 32.2 Å². The van der Waals surface area contributed by atoms with E-state index in [2.05, 4.69) is 22.4 Å². The summed E-state index contributed by atoms with van der Waals surface area (Å²) >= 11 is 0. The number of nitrogens with zero attached hydrogens (tertiary/aromatic N) is 2. The lowest BCUT2D eigenvalue weighted by molar-refractivity contribution is -0.0658. The Labute approximate surface area is 108 Å². The van der Waals surface area contributed by atoms with Crippen molar-refractivity contribution in [3.05, 3.63) is 11.7 Å². The Hall–Kier alpha value is -0.940. The molecule has 5 heteroatoms. The molecule has 2 unspecified atom stereocenters. The van der Waals surface area contributed by atoms with Crippen molar-refractivity contribution in [3.63, 3.8) is 0 Å². The molecule has 1 saturated carbocycles. The predicted molar refractivity (Wildman–Crippen MR) is 68.2 cm³/mol. The Morgan fingerprint density at radius 3 is 3.06 bits per heavy atom. The first-order chi connectivity index (χ1) is 8.70. The molecule has 18 heavy (non-hydrogen) atoms. The molecule has 1 heterocycles. The number of hydrogen-bond donors (Lipinski definition) is 1. The van der Waals surface area contributed by atoms with Crippen molar-refractivity contribution in [2.24, 2.45) is 5.92 Å². The molecule has 1 aliphatic rings. The maximum absolute atomic E-state index is 5.75. The number of likely N-dealkylation sites (N-methyl/N-ethyl adjacent to an activating group) is 1. The summed E-state index contributed by atoms with van der Waals surface area (Å²) in [5.41, 5.74) is -0.334. The smallest absolute Gasteiger partial charge is 0.228 e. The maximum atomic E-state index is 5.75. The van der Waals surface area contributed by atoms with Crippen molar-refractivity contribution in [1.82, 2.24) is 15.5 Å². The van der Waals surface area contributed by atoms with E-state index >= 15 is 0 Å². The van der Waals surface area contributed by atoms with Crippen LogP contribution in [0, 0.1) is 5.92 Å². The molecule has 0 saturated heterocycles. The van der Waals surface area contributed by atoms with Crippen molar-refractivity contribution < 1.29 is 9.26 Å². The van der Waals surface area contributed by atoms with Crippen LogP contribution in [0.3, 0.4) is 0 Å². The van der Waals surface area contributed by atoms with Gasteiger partial charge >= 0.3 is 0 Å². The van der Waals surface area contributed by atoms with Gasteiger partial charge in [0.15, 0.2) is 0 Å². The van der Waals surface area contributed by atoms with Crippen LogP contribution in [0.5, 0.6) is 0 Å². The highest BCUT2D eigenvalue weighted by Gasteiger charge is 2.40. The van der Waals surface area contributed by atoms with Crippen LogP contribution in [0.25, 0.3) is 0 Å². The lowest BCUT2D eigenvalue weighted by atomic mass is 9.78. The highest BCUT2D eigenvalue weighted by Crippen LogP contribution is 2.41. The molecule has 1 N–H and O–H groups in total. The third-order valence-electron chi connectivity index (χ3n) is 3.81. The lowest BCUT2D eigenvalue weighted by Gasteiger charge is -2.36. The zero-order chi connectivity index (χ0) is 13.0. The number of methoxy groups -OCH3 is 1. The van der Waals surface area contributed by atoms with E-state index in [1.54, 1.807) is 7.11 Å². The first-order valence-corrected chi connectivity index (χ1v) is 6.73. The van der Waals surface area contributed by atoms with Crippen LogP contribution in [0.2, 0.25) is 0 Å². The molecular formula is C13H23N3O2. The summed E-state index contributed by atoms with van der Waals surface area (Å²) in [5.74, 6) is 2.06. The minimum Gasteiger partial charge on any atom is -0.370 e. The normalized spacial score (nSPS) is 28.5. The average Bonchev–Trinajstić information content (AvgIpc) is 2.85. The van der Waals surface area contributed by atoms with Crippen LogP contribution in [0.4, 0.5) is 0 Å². The molecule has 0 radical (unpaired) electrons. The maximum Gasteiger partial charge on any atom is 0.228 e. The van der Waals surface area contributed by atoms with Crippen LogP contribution in [0.1, 0.15) is 44.3 Å². The average molecular weight is 253 g/mol. The Morgan fingerprint density at radius 1 is 1.56 bits per heavy atom. The third-order valence-corrected chi connectivity index (χ3v) is 3.81. The first kappa shape index (κ1) is 13.5. The predicted octanol–water partition coefficient (Wildman–Crippen LogP) is 1.88. The van der Waals surface area contributed by atoms with E-state index < -0.39 is 0 Å². The second-order valence-corrected chi connectivity index (χ2v) is 5.27. The van der Waals surface area contributed by atoms with Crippen molar-refractivity contribution in [1.29, 1.82) is 0 Å². The summed E-state index contributed by atoms with van der Waals surface area (Å²) < 4.78 is 11.1. The van der Waals surface area contributed by atoms with Gasteiger partial charge in [0.05, 0.1) is 0 Å². The zero-order valence-electron chi connectivity index (χ0n) is 11.5. The summed E-state index contributed by atoms with van der Waals surface area (Å²) in [6.45, 7) is 3.10. The van der Waals surface area contributed by atoms with Crippen LogP contribution in [-0.2, 0) is 16.8 Å². The van der Waals surface area contributed by atoms with Crippen LogP contribution in [-0.4, -0.2) is 30.8 Å². The van der Waals surface area contributed by atoms with E-state index in [-0.39, 0.29) is 5.60 Å². The molecule has 0 bridgehead atoms. The monoisotopic (exact) mass is 253 g/mol. The minimum atomic E-state index is -0.334. The Kier molecular flexibility index (Phi) is 4.35. The van der Waals surface area contributed by atoms with Crippen LogP contribution >= 0.6 is 0 Å². The number of aromatic nitrogens is 2. The van der Waals surface area contributed by atoms with Gasteiger partial charge in [-0.15, -0.1) is 0 Å². The molecule has 102 valence electrons. The molecule has 2 atom stereocenters. The topological polar surface area (TPSA) is 60.2 Å². The molecule has 0 aliphatic heterocycles. The van der Waals surface area contributed by atoms with E-state index in [9.17, 15) is 0 Å². The highest BCUT2D eigenvalue weighted by atomic mass is 16.5. The minimum absolute atomic E-state index is 0.334. The highest BCUT2D eigenvalue weighted by molar-refractivity contribution is 5.04. The molecule has 1 fully saturated rings. The van der Waals surface area contributed by atoms with E-state index in [1.807, 2.05) is 7.05 Å². The molecule has 0 spiro atoms. The lowest BCUT2D eigenvalue weighted by Crippen LogP contribution is -2.35. The Bertz CT molecular complexity index is 380. The second kappa shape index (κ2) is 5.80. The molecule has 1 aromatic rings. The largest absolute Gasteiger partial charge is 0.370 e. The van der Waals surface area contributed by atoms with Crippen molar-refractivity contribution in [2.45, 2.75) is 44.6 Å². The van der Waals surface area contributed by atoms with E-state index in [0.717, 1.165) is 38.1 Å². The van der Waals surface area contributed by atoms with Gasteiger partial charge in [-0.2, -0.15) is 4.98 Å². The van der Waals surface area contributed by atoms with E-state index in [1.165, 1.54) is 6.42 Å². The molecule has 1 aromatic heterocycles. The summed E-state index contributed by atoms with van der Waals surface area (Å²) in [6.07, 6.45) is 5.15. The molecule has 1 aliphatic carbocycles. The summed E-state index contributed by atoms with van der Waals surface area (Å²) in [5, 5.41) is 7.21. The molecule has 0 amide bonds. The summed E-state index contributed by atoms with van der Waals surface area (Å²) in [7, 11) is 3.67. The molecular weight excluding hydrogens is 230 g/mol. The Balaban J connectivity index is 2.13. The first-order valence-electron chi connectivity index (χ1n) is 6.73. The fraction of sp³-hybridized carbons (Fsp3) is 0.846. The quantitative estimate of drug-likeness (QED) is 0.868. The van der Waals surface area contributed by atoms with Gasteiger partial charge in [-0.1, -0.05) is 18.5 Å². The SMILES string of the molecule is CNCCc1nc(C2(OC)CCCC(C)C2)no1. The van der Waals surface area contributed by atoms with Gasteiger partial charge in [-0.3, -0.25) is 0 Å². The number of nitrogens with one attached hydrogen (secondary N) is 1. The standard InChI is InChI=1S/C13H23N3O2/c1-10-5-4-7-13(9-10,17-3)12-15-11(18-16-12)6-8-14-2/h10,14H,4-9H2,1-3H3. The van der Waals surface area contributed by atoms with E-state index in [0.29, 0.717) is 11.8 Å². The van der Waals surface area contributed by atoms with Crippen molar-refractivity contribution in [3.8, 4) is 0 Å². The number of hydrogen-bond acceptors (Lipinski definition) is 5. The molecule has 5 nitrogen and oxygen atoms in total. The van der Waals surface area contributed by atoms with Crippen molar-refractivity contribution >= 4 is 0 Å². The van der Waals surface area contributed by atoms with Gasteiger partial charge in [0.1, 0.15) is 5.60 Å². The molecule has 0 aromatic carbocycles. The number of ether oxygens (including phenoxy) is 1. The summed E-state index contributed by atoms with van der Waals surface area (Å²) in [6, 6.07) is 0.